The van der Waals surface area contributed by atoms with Crippen molar-refractivity contribution < 1.29 is 9.53 Å². The van der Waals surface area contributed by atoms with E-state index in [0.29, 0.717) is 11.4 Å². The van der Waals surface area contributed by atoms with Crippen LogP contribution in [0.5, 0.6) is 0 Å². The van der Waals surface area contributed by atoms with Crippen LogP contribution in [0.3, 0.4) is 0 Å². The number of amides is 1. The predicted octanol–water partition coefficient (Wildman–Crippen LogP) is 2.37. The minimum atomic E-state index is -0.418. The molecule has 0 spiro atoms. The molecule has 1 rings (SSSR count). The van der Waals surface area contributed by atoms with Crippen LogP contribution >= 0.6 is 15.9 Å². The topological polar surface area (TPSA) is 41.6 Å². The van der Waals surface area contributed by atoms with Crippen LogP contribution in [0.1, 0.15) is 33.6 Å². The third kappa shape index (κ3) is 6.88. The van der Waals surface area contributed by atoms with E-state index in [4.69, 9.17) is 4.74 Å². The molecule has 17 heavy (non-hydrogen) atoms. The van der Waals surface area contributed by atoms with E-state index in [9.17, 15) is 4.79 Å². The molecule has 0 aromatic rings. The monoisotopic (exact) mass is 306 g/mol. The number of hydrogen-bond donors (Lipinski definition) is 1. The maximum absolute atomic E-state index is 11.4. The lowest BCUT2D eigenvalue weighted by atomic mass is 10.1. The van der Waals surface area contributed by atoms with Crippen molar-refractivity contribution in [2.45, 2.75) is 44.0 Å². The fraction of sp³-hybridized carbons (Fsp3) is 0.917. The number of alkyl carbamates (subject to hydrolysis) is 1. The summed E-state index contributed by atoms with van der Waals surface area (Å²) in [7, 11) is 0. The van der Waals surface area contributed by atoms with Crippen LogP contribution < -0.4 is 5.32 Å². The van der Waals surface area contributed by atoms with Gasteiger partial charge in [0.15, 0.2) is 0 Å². The lowest BCUT2D eigenvalue weighted by molar-refractivity contribution is 0.0521. The molecular formula is C12H23BrN2O2. The molecule has 1 saturated heterocycles. The van der Waals surface area contributed by atoms with Crippen LogP contribution in [0.15, 0.2) is 0 Å². The standard InChI is InChI=1S/C12H23BrN2O2/c1-12(2,3)17-11(16)14-6-9-15-7-4-10(13)5-8-15/h10H,4-9H2,1-3H3,(H,14,16). The highest BCUT2D eigenvalue weighted by molar-refractivity contribution is 9.09. The molecule has 0 aromatic carbocycles. The molecule has 0 unspecified atom stereocenters. The number of hydrogen-bond acceptors (Lipinski definition) is 3. The number of rotatable bonds is 3. The Kier molecular flexibility index (Phi) is 5.73. The second-order valence-corrected chi connectivity index (χ2v) is 6.74. The Labute approximate surface area is 112 Å². The first kappa shape index (κ1) is 14.8. The van der Waals surface area contributed by atoms with Gasteiger partial charge in [0.05, 0.1) is 0 Å². The molecule has 1 aliphatic heterocycles. The Morgan fingerprint density at radius 3 is 2.53 bits per heavy atom. The normalized spacial score (nSPS) is 19.1. The molecule has 0 radical (unpaired) electrons. The molecular weight excluding hydrogens is 284 g/mol. The summed E-state index contributed by atoms with van der Waals surface area (Å²) in [6, 6.07) is 0. The molecule has 4 nitrogen and oxygen atoms in total. The van der Waals surface area contributed by atoms with Crippen molar-refractivity contribution in [1.82, 2.24) is 10.2 Å². The SMILES string of the molecule is CC(C)(C)OC(=O)NCCN1CCC(Br)CC1. The van der Waals surface area contributed by atoms with Crippen molar-refractivity contribution in [1.29, 1.82) is 0 Å². The van der Waals surface area contributed by atoms with E-state index in [1.54, 1.807) is 0 Å². The summed E-state index contributed by atoms with van der Waals surface area (Å²) in [6.07, 6.45) is 2.05. The summed E-state index contributed by atoms with van der Waals surface area (Å²) in [5.74, 6) is 0. The third-order valence-corrected chi connectivity index (χ3v) is 3.53. The molecule has 0 atom stereocenters. The minimum Gasteiger partial charge on any atom is -0.444 e. The van der Waals surface area contributed by atoms with Crippen molar-refractivity contribution in [3.8, 4) is 0 Å². The zero-order valence-corrected chi connectivity index (χ0v) is 12.5. The summed E-state index contributed by atoms with van der Waals surface area (Å²) < 4.78 is 5.17. The fourth-order valence-corrected chi connectivity index (χ4v) is 2.16. The summed E-state index contributed by atoms with van der Waals surface area (Å²) in [5.41, 5.74) is -0.418. The van der Waals surface area contributed by atoms with E-state index in [-0.39, 0.29) is 6.09 Å². The number of halogens is 1. The van der Waals surface area contributed by atoms with Gasteiger partial charge in [0.2, 0.25) is 0 Å². The molecule has 0 aromatic heterocycles. The van der Waals surface area contributed by atoms with Crippen molar-refractivity contribution in [3.05, 3.63) is 0 Å². The summed E-state index contributed by atoms with van der Waals surface area (Å²) >= 11 is 3.62. The minimum absolute atomic E-state index is 0.326. The quantitative estimate of drug-likeness (QED) is 0.814. The van der Waals surface area contributed by atoms with Gasteiger partial charge in [-0.25, -0.2) is 4.79 Å². The first-order valence-corrected chi connectivity index (χ1v) is 7.11. The molecule has 1 amide bonds. The Balaban J connectivity index is 2.09. The van der Waals surface area contributed by atoms with Crippen molar-refractivity contribution in [2.24, 2.45) is 0 Å². The Bertz CT molecular complexity index is 245. The van der Waals surface area contributed by atoms with Crippen molar-refractivity contribution in [3.63, 3.8) is 0 Å². The summed E-state index contributed by atoms with van der Waals surface area (Å²) in [4.78, 5) is 14.4. The molecule has 1 fully saturated rings. The van der Waals surface area contributed by atoms with E-state index >= 15 is 0 Å². The van der Waals surface area contributed by atoms with Crippen molar-refractivity contribution >= 4 is 22.0 Å². The number of ether oxygens (including phenoxy) is 1. The maximum atomic E-state index is 11.4. The van der Waals surface area contributed by atoms with Crippen LogP contribution in [-0.2, 0) is 4.74 Å². The van der Waals surface area contributed by atoms with E-state index in [0.717, 1.165) is 19.6 Å². The second kappa shape index (κ2) is 6.59. The first-order valence-electron chi connectivity index (χ1n) is 6.20. The predicted molar refractivity (Wildman–Crippen MR) is 72.6 cm³/mol. The summed E-state index contributed by atoms with van der Waals surface area (Å²) in [5, 5.41) is 2.78. The number of likely N-dealkylation sites (tertiary alicyclic amines) is 1. The number of nitrogens with zero attached hydrogens (tertiary/aromatic N) is 1. The van der Waals surface area contributed by atoms with Crippen LogP contribution in [0.25, 0.3) is 0 Å². The molecule has 100 valence electrons. The number of nitrogens with one attached hydrogen (secondary N) is 1. The van der Waals surface area contributed by atoms with Crippen LogP contribution in [-0.4, -0.2) is 47.6 Å². The lowest BCUT2D eigenvalue weighted by Gasteiger charge is -2.29. The van der Waals surface area contributed by atoms with Gasteiger partial charge in [-0.1, -0.05) is 15.9 Å². The Hall–Kier alpha value is -0.290. The molecule has 0 saturated carbocycles. The largest absolute Gasteiger partial charge is 0.444 e. The Morgan fingerprint density at radius 1 is 1.41 bits per heavy atom. The van der Waals surface area contributed by atoms with E-state index in [1.807, 2.05) is 20.8 Å². The number of piperidine rings is 1. The van der Waals surface area contributed by atoms with E-state index in [1.165, 1.54) is 12.8 Å². The second-order valence-electron chi connectivity index (χ2n) is 5.44. The number of carbonyl (C=O) groups excluding carboxylic acids is 1. The van der Waals surface area contributed by atoms with Crippen molar-refractivity contribution in [2.75, 3.05) is 26.2 Å². The lowest BCUT2D eigenvalue weighted by Crippen LogP contribution is -2.41. The van der Waals surface area contributed by atoms with Crippen LogP contribution in [0.4, 0.5) is 4.79 Å². The van der Waals surface area contributed by atoms with Gasteiger partial charge in [-0.05, 0) is 46.7 Å². The highest BCUT2D eigenvalue weighted by atomic mass is 79.9. The number of alkyl halides is 1. The fourth-order valence-electron chi connectivity index (χ4n) is 1.76. The summed E-state index contributed by atoms with van der Waals surface area (Å²) in [6.45, 7) is 9.37. The smallest absolute Gasteiger partial charge is 0.407 e. The zero-order chi connectivity index (χ0) is 12.9. The van der Waals surface area contributed by atoms with Gasteiger partial charge in [0.1, 0.15) is 5.60 Å². The number of carbonyl (C=O) groups is 1. The zero-order valence-electron chi connectivity index (χ0n) is 11.0. The highest BCUT2D eigenvalue weighted by Gasteiger charge is 2.18. The van der Waals surface area contributed by atoms with E-state index < -0.39 is 5.60 Å². The van der Waals surface area contributed by atoms with E-state index in [2.05, 4.69) is 26.1 Å². The first-order chi connectivity index (χ1) is 7.87. The molecule has 5 heteroatoms. The Morgan fingerprint density at radius 2 is 2.00 bits per heavy atom. The van der Waals surface area contributed by atoms with Gasteiger partial charge in [0.25, 0.3) is 0 Å². The van der Waals surface area contributed by atoms with Crippen LogP contribution in [0.2, 0.25) is 0 Å². The average molecular weight is 307 g/mol. The maximum Gasteiger partial charge on any atom is 0.407 e. The average Bonchev–Trinajstić information content (AvgIpc) is 2.18. The van der Waals surface area contributed by atoms with Gasteiger partial charge in [0, 0.05) is 17.9 Å². The van der Waals surface area contributed by atoms with Gasteiger partial charge >= 0.3 is 6.09 Å². The molecule has 1 N–H and O–H groups in total. The van der Waals surface area contributed by atoms with Gasteiger partial charge in [-0.15, -0.1) is 0 Å². The van der Waals surface area contributed by atoms with Crippen LogP contribution in [0, 0.1) is 0 Å². The molecule has 1 heterocycles. The van der Waals surface area contributed by atoms with Gasteiger partial charge < -0.3 is 15.0 Å². The molecule has 0 bridgehead atoms. The molecule has 1 aliphatic rings. The van der Waals surface area contributed by atoms with Gasteiger partial charge in [-0.3, -0.25) is 0 Å². The third-order valence-electron chi connectivity index (χ3n) is 2.61. The highest BCUT2D eigenvalue weighted by Crippen LogP contribution is 2.16. The molecule has 0 aliphatic carbocycles. The van der Waals surface area contributed by atoms with Gasteiger partial charge in [-0.2, -0.15) is 0 Å².